The van der Waals surface area contributed by atoms with Gasteiger partial charge >= 0.3 is 0 Å². The van der Waals surface area contributed by atoms with Crippen molar-refractivity contribution < 1.29 is 0 Å². The Morgan fingerprint density at radius 2 is 2.17 bits per heavy atom. The normalized spacial score (nSPS) is 14.3. The van der Waals surface area contributed by atoms with Crippen molar-refractivity contribution in [2.24, 2.45) is 0 Å². The lowest BCUT2D eigenvalue weighted by atomic mass is 10.0. The number of nitrogens with two attached hydrogens (primary N) is 1. The van der Waals surface area contributed by atoms with E-state index in [4.69, 9.17) is 5.73 Å². The summed E-state index contributed by atoms with van der Waals surface area (Å²) in [5.41, 5.74) is 8.99. The molecule has 0 spiro atoms. The van der Waals surface area contributed by atoms with Crippen LogP contribution in [0.1, 0.15) is 29.0 Å². The van der Waals surface area contributed by atoms with Crippen LogP contribution in [0.25, 0.3) is 0 Å². The first-order chi connectivity index (χ1) is 8.74. The Morgan fingerprint density at radius 3 is 3.00 bits per heavy atom. The van der Waals surface area contributed by atoms with Gasteiger partial charge in [0.2, 0.25) is 0 Å². The lowest BCUT2D eigenvalue weighted by Gasteiger charge is -2.07. The number of fused-ring (bicyclic) bond motifs is 1. The van der Waals surface area contributed by atoms with Gasteiger partial charge in [-0.25, -0.2) is 9.97 Å². The van der Waals surface area contributed by atoms with E-state index in [0.29, 0.717) is 11.5 Å². The number of nitrogens with one attached hydrogen (secondary N) is 1. The summed E-state index contributed by atoms with van der Waals surface area (Å²) < 4.78 is 0. The third-order valence-corrected chi connectivity index (χ3v) is 4.35. The summed E-state index contributed by atoms with van der Waals surface area (Å²) >= 11 is 1.73. The Kier molecular flexibility index (Phi) is 2.91. The molecule has 3 N–H and O–H groups in total. The van der Waals surface area contributed by atoms with Crippen molar-refractivity contribution in [3.63, 3.8) is 0 Å². The van der Waals surface area contributed by atoms with E-state index < -0.39 is 0 Å². The molecule has 1 aliphatic rings. The van der Waals surface area contributed by atoms with Crippen LogP contribution < -0.4 is 11.1 Å². The van der Waals surface area contributed by atoms with E-state index in [1.54, 1.807) is 17.5 Å². The van der Waals surface area contributed by atoms with Crippen LogP contribution in [0.3, 0.4) is 0 Å². The minimum Gasteiger partial charge on any atom is -0.396 e. The molecule has 0 bridgehead atoms. The summed E-state index contributed by atoms with van der Waals surface area (Å²) in [6.45, 7) is 1.98. The number of hydrogen-bond donors (Lipinski definition) is 2. The van der Waals surface area contributed by atoms with Crippen LogP contribution in [-0.2, 0) is 12.8 Å². The van der Waals surface area contributed by atoms with E-state index in [1.165, 1.54) is 23.4 Å². The van der Waals surface area contributed by atoms with Crippen LogP contribution >= 0.6 is 11.3 Å². The van der Waals surface area contributed by atoms with Crippen molar-refractivity contribution >= 4 is 28.0 Å². The standard InChI is InChI=1S/C13H16N4S/c1-8-6-7-15-12(11(8)14)17-13-16-9-4-2-3-5-10(9)18-13/h6-7H,2-5,14H2,1H3,(H,15,16,17). The fourth-order valence-electron chi connectivity index (χ4n) is 2.18. The second kappa shape index (κ2) is 4.57. The molecule has 94 valence electrons. The van der Waals surface area contributed by atoms with Crippen molar-refractivity contribution in [3.05, 3.63) is 28.4 Å². The third-order valence-electron chi connectivity index (χ3n) is 3.28. The number of nitrogens with zero attached hydrogens (tertiary/aromatic N) is 2. The molecule has 2 aromatic heterocycles. The van der Waals surface area contributed by atoms with Crippen molar-refractivity contribution in [2.45, 2.75) is 32.6 Å². The van der Waals surface area contributed by atoms with Gasteiger partial charge in [-0.15, -0.1) is 11.3 Å². The van der Waals surface area contributed by atoms with Gasteiger partial charge in [0.05, 0.1) is 11.4 Å². The smallest absolute Gasteiger partial charge is 0.188 e. The highest BCUT2D eigenvalue weighted by molar-refractivity contribution is 7.15. The summed E-state index contributed by atoms with van der Waals surface area (Å²) in [7, 11) is 0. The number of nitrogen functional groups attached to an aromatic ring is 1. The summed E-state index contributed by atoms with van der Waals surface area (Å²) in [6, 6.07) is 1.91. The second-order valence-electron chi connectivity index (χ2n) is 4.61. The highest BCUT2D eigenvalue weighted by Crippen LogP contribution is 2.32. The average Bonchev–Trinajstić information content (AvgIpc) is 2.77. The molecule has 0 amide bonds. The molecule has 0 fully saturated rings. The lowest BCUT2D eigenvalue weighted by molar-refractivity contribution is 0.683. The maximum absolute atomic E-state index is 6.00. The van der Waals surface area contributed by atoms with Gasteiger partial charge < -0.3 is 11.1 Å². The average molecular weight is 260 g/mol. The minimum atomic E-state index is 0.700. The van der Waals surface area contributed by atoms with Crippen LogP contribution in [0.2, 0.25) is 0 Å². The summed E-state index contributed by atoms with van der Waals surface area (Å²) in [6.07, 6.45) is 6.55. The Balaban J connectivity index is 1.88. The van der Waals surface area contributed by atoms with Crippen molar-refractivity contribution in [3.8, 4) is 0 Å². The number of thiazole rings is 1. The van der Waals surface area contributed by atoms with Gasteiger partial charge in [-0.3, -0.25) is 0 Å². The zero-order valence-electron chi connectivity index (χ0n) is 10.4. The fraction of sp³-hybridized carbons (Fsp3) is 0.385. The largest absolute Gasteiger partial charge is 0.396 e. The number of aryl methyl sites for hydroxylation is 3. The first kappa shape index (κ1) is 11.5. The zero-order chi connectivity index (χ0) is 12.5. The van der Waals surface area contributed by atoms with Crippen LogP contribution in [0.4, 0.5) is 16.6 Å². The number of pyridine rings is 1. The molecule has 0 unspecified atom stereocenters. The first-order valence-electron chi connectivity index (χ1n) is 6.21. The van der Waals surface area contributed by atoms with Gasteiger partial charge in [0.1, 0.15) is 0 Å². The predicted octanol–water partition coefficient (Wildman–Crippen LogP) is 3.05. The topological polar surface area (TPSA) is 63.8 Å². The van der Waals surface area contributed by atoms with E-state index in [2.05, 4.69) is 15.3 Å². The van der Waals surface area contributed by atoms with E-state index >= 15 is 0 Å². The molecule has 0 aromatic carbocycles. The van der Waals surface area contributed by atoms with Gasteiger partial charge in [-0.05, 0) is 44.2 Å². The molecule has 4 nitrogen and oxygen atoms in total. The predicted molar refractivity (Wildman–Crippen MR) is 75.4 cm³/mol. The number of hydrogen-bond acceptors (Lipinski definition) is 5. The summed E-state index contributed by atoms with van der Waals surface area (Å²) in [5, 5.41) is 4.15. The van der Waals surface area contributed by atoms with Gasteiger partial charge in [-0.2, -0.15) is 0 Å². The van der Waals surface area contributed by atoms with Crippen LogP contribution in [-0.4, -0.2) is 9.97 Å². The monoisotopic (exact) mass is 260 g/mol. The highest BCUT2D eigenvalue weighted by Gasteiger charge is 2.15. The number of aromatic nitrogens is 2. The molecular weight excluding hydrogens is 244 g/mol. The molecule has 0 atom stereocenters. The molecule has 1 aliphatic carbocycles. The van der Waals surface area contributed by atoms with Crippen molar-refractivity contribution in [2.75, 3.05) is 11.1 Å². The van der Waals surface area contributed by atoms with Crippen molar-refractivity contribution in [1.29, 1.82) is 0 Å². The summed E-state index contributed by atoms with van der Waals surface area (Å²) in [5.74, 6) is 0.709. The second-order valence-corrected chi connectivity index (χ2v) is 5.69. The number of anilines is 3. The van der Waals surface area contributed by atoms with Gasteiger partial charge in [0.25, 0.3) is 0 Å². The van der Waals surface area contributed by atoms with E-state index in [1.807, 2.05) is 13.0 Å². The van der Waals surface area contributed by atoms with Gasteiger partial charge in [-0.1, -0.05) is 0 Å². The fourth-order valence-corrected chi connectivity index (χ4v) is 3.22. The van der Waals surface area contributed by atoms with E-state index in [0.717, 1.165) is 23.5 Å². The van der Waals surface area contributed by atoms with E-state index in [9.17, 15) is 0 Å². The van der Waals surface area contributed by atoms with E-state index in [-0.39, 0.29) is 0 Å². The molecule has 0 saturated carbocycles. The number of rotatable bonds is 2. The molecule has 2 heterocycles. The molecule has 0 aliphatic heterocycles. The SMILES string of the molecule is Cc1ccnc(Nc2nc3c(s2)CCCC3)c1N. The quantitative estimate of drug-likeness (QED) is 0.871. The maximum atomic E-state index is 6.00. The Morgan fingerprint density at radius 1 is 1.33 bits per heavy atom. The molecule has 2 aromatic rings. The molecule has 0 saturated heterocycles. The van der Waals surface area contributed by atoms with Crippen LogP contribution in [0, 0.1) is 6.92 Å². The minimum absolute atomic E-state index is 0.700. The lowest BCUT2D eigenvalue weighted by Crippen LogP contribution is -2.01. The molecule has 5 heteroatoms. The maximum Gasteiger partial charge on any atom is 0.188 e. The Labute approximate surface area is 110 Å². The van der Waals surface area contributed by atoms with Crippen LogP contribution in [0.5, 0.6) is 0 Å². The summed E-state index contributed by atoms with van der Waals surface area (Å²) in [4.78, 5) is 10.3. The zero-order valence-corrected chi connectivity index (χ0v) is 11.2. The van der Waals surface area contributed by atoms with Crippen molar-refractivity contribution in [1.82, 2.24) is 9.97 Å². The first-order valence-corrected chi connectivity index (χ1v) is 7.02. The molecule has 18 heavy (non-hydrogen) atoms. The van der Waals surface area contributed by atoms with Crippen LogP contribution in [0.15, 0.2) is 12.3 Å². The molecular formula is C13H16N4S. The Hall–Kier alpha value is -1.62. The highest BCUT2D eigenvalue weighted by atomic mass is 32.1. The Bertz CT molecular complexity index is 553. The molecule has 0 radical (unpaired) electrons. The third kappa shape index (κ3) is 2.06. The van der Waals surface area contributed by atoms with Gasteiger partial charge in [0.15, 0.2) is 10.9 Å². The van der Waals surface area contributed by atoms with Gasteiger partial charge in [0, 0.05) is 11.1 Å². The molecule has 3 rings (SSSR count).